The summed E-state index contributed by atoms with van der Waals surface area (Å²) in [6, 6.07) is 8.40. The van der Waals surface area contributed by atoms with Crippen LogP contribution in [0, 0.1) is 0 Å². The smallest absolute Gasteiger partial charge is 0.109 e. The van der Waals surface area contributed by atoms with Gasteiger partial charge in [0.15, 0.2) is 0 Å². The second-order valence-electron chi connectivity index (χ2n) is 4.66. The summed E-state index contributed by atoms with van der Waals surface area (Å²) in [5, 5.41) is 0. The molecule has 1 aliphatic heterocycles. The molecule has 3 heteroatoms. The lowest BCUT2D eigenvalue weighted by molar-refractivity contribution is 0.394. The average Bonchev–Trinajstić information content (AvgIpc) is 3.11. The van der Waals surface area contributed by atoms with E-state index in [1.54, 1.807) is 0 Å². The molecule has 3 rings (SSSR count). The van der Waals surface area contributed by atoms with Gasteiger partial charge in [-0.2, -0.15) is 0 Å². The van der Waals surface area contributed by atoms with Gasteiger partial charge >= 0.3 is 0 Å². The Labute approximate surface area is 101 Å². The number of rotatable bonds is 5. The van der Waals surface area contributed by atoms with E-state index in [1.165, 1.54) is 11.3 Å². The second-order valence-corrected chi connectivity index (χ2v) is 4.66. The molecule has 0 spiro atoms. The van der Waals surface area contributed by atoms with Crippen molar-refractivity contribution in [1.29, 1.82) is 0 Å². The Bertz CT molecular complexity index is 514. The van der Waals surface area contributed by atoms with Crippen molar-refractivity contribution in [3.8, 4) is 0 Å². The number of hydrogen-bond acceptors (Lipinski definition) is 2. The third-order valence-corrected chi connectivity index (χ3v) is 3.27. The van der Waals surface area contributed by atoms with Gasteiger partial charge < -0.3 is 9.30 Å². The maximum Gasteiger partial charge on any atom is 0.109 e. The van der Waals surface area contributed by atoms with Crippen LogP contribution < -0.4 is 0 Å². The number of ether oxygens (including phenoxy) is 1. The summed E-state index contributed by atoms with van der Waals surface area (Å²) in [5.41, 5.74) is 2.38. The molecule has 0 amide bonds. The topological polar surface area (TPSA) is 30.4 Å². The van der Waals surface area contributed by atoms with Crippen molar-refractivity contribution < 1.29 is 4.74 Å². The van der Waals surface area contributed by atoms with Crippen LogP contribution in [0.1, 0.15) is 25.6 Å². The molecule has 0 radical (unpaired) electrons. The van der Waals surface area contributed by atoms with E-state index < -0.39 is 0 Å². The molecule has 1 atom stereocenters. The van der Waals surface area contributed by atoms with Crippen LogP contribution in [0.2, 0.25) is 0 Å². The Morgan fingerprint density at radius 2 is 2.24 bits per heavy atom. The minimum Gasteiger partial charge on any atom is -0.373 e. The summed E-state index contributed by atoms with van der Waals surface area (Å²) in [6.45, 7) is 4.21. The molecular weight excluding hydrogens is 212 g/mol. The van der Waals surface area contributed by atoms with E-state index in [-0.39, 0.29) is 0 Å². The van der Waals surface area contributed by atoms with Crippen LogP contribution in [0.3, 0.4) is 0 Å². The molecule has 1 aliphatic rings. The van der Waals surface area contributed by atoms with Crippen LogP contribution in [0.4, 0.5) is 0 Å². The van der Waals surface area contributed by atoms with Crippen molar-refractivity contribution in [3.63, 3.8) is 0 Å². The molecule has 2 aromatic rings. The van der Waals surface area contributed by atoms with Crippen molar-refractivity contribution in [1.82, 2.24) is 9.55 Å². The van der Waals surface area contributed by atoms with Gasteiger partial charge in [-0.3, -0.25) is 0 Å². The van der Waals surface area contributed by atoms with Crippen molar-refractivity contribution in [2.24, 2.45) is 0 Å². The lowest BCUT2D eigenvalue weighted by Gasteiger charge is -2.06. The van der Waals surface area contributed by atoms with Gasteiger partial charge in [0.25, 0.3) is 0 Å². The maximum absolute atomic E-state index is 5.27. The first-order valence-corrected chi connectivity index (χ1v) is 6.44. The number of aromatic nitrogens is 2. The van der Waals surface area contributed by atoms with Crippen molar-refractivity contribution in [2.45, 2.75) is 38.8 Å². The third kappa shape index (κ3) is 2.20. The predicted molar refractivity (Wildman–Crippen MR) is 68.1 cm³/mol. The van der Waals surface area contributed by atoms with Crippen LogP contribution >= 0.6 is 0 Å². The molecule has 0 bridgehead atoms. The van der Waals surface area contributed by atoms with Crippen LogP contribution in [0.15, 0.2) is 24.3 Å². The van der Waals surface area contributed by atoms with Gasteiger partial charge in [0.1, 0.15) is 5.82 Å². The molecule has 1 aromatic carbocycles. The van der Waals surface area contributed by atoms with E-state index in [4.69, 9.17) is 9.72 Å². The summed E-state index contributed by atoms with van der Waals surface area (Å²) in [6.07, 6.45) is 3.77. The summed E-state index contributed by atoms with van der Waals surface area (Å²) in [7, 11) is 0. The fourth-order valence-corrected chi connectivity index (χ4v) is 2.31. The number of nitrogens with zero attached hydrogens (tertiary/aromatic N) is 2. The van der Waals surface area contributed by atoms with Gasteiger partial charge in [-0.05, 0) is 25.0 Å². The number of hydrogen-bond donors (Lipinski definition) is 0. The quantitative estimate of drug-likeness (QED) is 0.739. The summed E-state index contributed by atoms with van der Waals surface area (Å²) in [4.78, 5) is 4.74. The van der Waals surface area contributed by atoms with Crippen LogP contribution in [-0.2, 0) is 17.7 Å². The van der Waals surface area contributed by atoms with Crippen molar-refractivity contribution in [3.05, 3.63) is 30.1 Å². The SMILES string of the molecule is CCCn1c(CCC2CO2)nc2ccccc21. The zero-order valence-corrected chi connectivity index (χ0v) is 10.2. The first kappa shape index (κ1) is 10.8. The van der Waals surface area contributed by atoms with Gasteiger partial charge in [-0.1, -0.05) is 19.1 Å². The number of aryl methyl sites for hydroxylation is 2. The number of para-hydroxylation sites is 2. The van der Waals surface area contributed by atoms with Crippen molar-refractivity contribution in [2.75, 3.05) is 6.61 Å². The minimum absolute atomic E-state index is 0.491. The van der Waals surface area contributed by atoms with Gasteiger partial charge in [0.05, 0.1) is 23.7 Å². The van der Waals surface area contributed by atoms with E-state index in [9.17, 15) is 0 Å². The predicted octanol–water partition coefficient (Wildman–Crippen LogP) is 2.78. The highest BCUT2D eigenvalue weighted by molar-refractivity contribution is 5.75. The fraction of sp³-hybridized carbons (Fsp3) is 0.500. The van der Waals surface area contributed by atoms with E-state index >= 15 is 0 Å². The lowest BCUT2D eigenvalue weighted by atomic mass is 10.2. The van der Waals surface area contributed by atoms with E-state index in [1.807, 2.05) is 0 Å². The second kappa shape index (κ2) is 4.49. The van der Waals surface area contributed by atoms with Crippen molar-refractivity contribution >= 4 is 11.0 Å². The molecule has 0 aliphatic carbocycles. The molecule has 0 saturated carbocycles. The summed E-state index contributed by atoms with van der Waals surface area (Å²) in [5.74, 6) is 1.21. The third-order valence-electron chi connectivity index (χ3n) is 3.27. The molecule has 1 fully saturated rings. The summed E-state index contributed by atoms with van der Waals surface area (Å²) >= 11 is 0. The molecule has 1 unspecified atom stereocenters. The lowest BCUT2D eigenvalue weighted by Crippen LogP contribution is -2.04. The highest BCUT2D eigenvalue weighted by Gasteiger charge is 2.23. The van der Waals surface area contributed by atoms with E-state index in [0.717, 1.165) is 37.9 Å². The molecule has 2 heterocycles. The highest BCUT2D eigenvalue weighted by atomic mass is 16.6. The van der Waals surface area contributed by atoms with Gasteiger partial charge in [0.2, 0.25) is 0 Å². The Kier molecular flexibility index (Phi) is 2.85. The maximum atomic E-state index is 5.27. The number of imidazole rings is 1. The Balaban J connectivity index is 1.92. The Morgan fingerprint density at radius 1 is 1.41 bits per heavy atom. The first-order valence-electron chi connectivity index (χ1n) is 6.44. The zero-order valence-electron chi connectivity index (χ0n) is 10.2. The van der Waals surface area contributed by atoms with E-state index in [2.05, 4.69) is 35.8 Å². The molecule has 0 N–H and O–H groups in total. The normalized spacial score (nSPS) is 18.8. The molecular formula is C14H18N2O. The van der Waals surface area contributed by atoms with Gasteiger partial charge in [-0.25, -0.2) is 4.98 Å². The number of benzene rings is 1. The molecule has 17 heavy (non-hydrogen) atoms. The summed E-state index contributed by atoms with van der Waals surface area (Å²) < 4.78 is 7.63. The standard InChI is InChI=1S/C14H18N2O/c1-2-9-16-13-6-4-3-5-12(13)15-14(16)8-7-11-10-17-11/h3-6,11H,2,7-10H2,1H3. The number of epoxide rings is 1. The van der Waals surface area contributed by atoms with Gasteiger partial charge in [0, 0.05) is 13.0 Å². The number of fused-ring (bicyclic) bond motifs is 1. The van der Waals surface area contributed by atoms with Crippen LogP contribution in [0.25, 0.3) is 11.0 Å². The minimum atomic E-state index is 0.491. The monoisotopic (exact) mass is 230 g/mol. The molecule has 90 valence electrons. The fourth-order valence-electron chi connectivity index (χ4n) is 2.31. The molecule has 3 nitrogen and oxygen atoms in total. The van der Waals surface area contributed by atoms with Gasteiger partial charge in [-0.15, -0.1) is 0 Å². The Hall–Kier alpha value is -1.35. The molecule has 1 saturated heterocycles. The van der Waals surface area contributed by atoms with Crippen LogP contribution in [-0.4, -0.2) is 22.3 Å². The Morgan fingerprint density at radius 3 is 3.00 bits per heavy atom. The largest absolute Gasteiger partial charge is 0.373 e. The average molecular weight is 230 g/mol. The molecule has 1 aromatic heterocycles. The van der Waals surface area contributed by atoms with Crippen LogP contribution in [0.5, 0.6) is 0 Å². The zero-order chi connectivity index (χ0) is 11.7. The first-order chi connectivity index (χ1) is 8.38. The highest BCUT2D eigenvalue weighted by Crippen LogP contribution is 2.21. The van der Waals surface area contributed by atoms with E-state index in [0.29, 0.717) is 6.10 Å².